The molecule has 0 aromatic rings. The summed E-state index contributed by atoms with van der Waals surface area (Å²) in [6.07, 6.45) is -2.00. The molecule has 326 valence electrons. The van der Waals surface area contributed by atoms with Gasteiger partial charge < -0.3 is 0 Å². The highest BCUT2D eigenvalue weighted by Crippen LogP contribution is 2.55. The van der Waals surface area contributed by atoms with E-state index in [1.165, 1.54) is 0 Å². The Morgan fingerprint density at radius 3 is 1.07 bits per heavy atom. The van der Waals surface area contributed by atoms with Gasteiger partial charge in [0.25, 0.3) is 0 Å². The van der Waals surface area contributed by atoms with Crippen LogP contribution >= 0.6 is 212 Å². The normalized spacial score (nSPS) is 65.4. The fraction of sp³-hybridized carbons (Fsp3) is 1.00. The lowest BCUT2D eigenvalue weighted by Gasteiger charge is -2.46. The first-order chi connectivity index (χ1) is 26.9. The predicted molar refractivity (Wildman–Crippen MR) is 261 cm³/mol. The number of nitrogens with zero attached hydrogens (tertiary/aromatic N) is 1. The Balaban J connectivity index is 1.17. The molecule has 9 rings (SSSR count). The molecule has 0 aromatic carbocycles. The Bertz CT molecular complexity index is 1420. The molecule has 5 aliphatic heterocycles. The van der Waals surface area contributed by atoms with Crippen molar-refractivity contribution < 1.29 is 0 Å². The van der Waals surface area contributed by atoms with Gasteiger partial charge in [-0.15, -0.1) is 116 Å². The van der Waals surface area contributed by atoms with Crippen LogP contribution in [0.2, 0.25) is 0 Å². The molecular weight excluding hydrogens is 1340 g/mol. The van der Waals surface area contributed by atoms with Crippen LogP contribution in [0.15, 0.2) is 0 Å². The molecule has 32 unspecified atom stereocenters. The van der Waals surface area contributed by atoms with E-state index < -0.39 is 26.9 Å². The van der Waals surface area contributed by atoms with Gasteiger partial charge in [-0.3, -0.25) is 42.1 Å². The van der Waals surface area contributed by atoms with E-state index in [0.29, 0.717) is 0 Å². The first kappa shape index (κ1) is 47.5. The molecule has 4 aliphatic carbocycles. The average molecular weight is 1380 g/mol. The van der Waals surface area contributed by atoms with E-state index >= 15 is 0 Å². The van der Waals surface area contributed by atoms with Crippen molar-refractivity contribution in [1.82, 2.24) is 42.1 Å². The molecule has 0 spiro atoms. The molecule has 9 fully saturated rings. The number of hydrogen-bond donors (Lipinski definition) is 7. The Kier molecular flexibility index (Phi) is 15.1. The van der Waals surface area contributed by atoms with Crippen LogP contribution in [0, 0.1) is 47.3 Å². The predicted octanol–water partition coefficient (Wildman–Crippen LogP) is 7.36. The number of fused-ring (bicyclic) bond motifs is 20. The van der Waals surface area contributed by atoms with Gasteiger partial charge in [0.15, 0.2) is 0 Å². The zero-order chi connectivity index (χ0) is 41.0. The highest BCUT2D eigenvalue weighted by molar-refractivity contribution is 9.10. The second kappa shape index (κ2) is 18.1. The van der Waals surface area contributed by atoms with Gasteiger partial charge in [-0.05, 0) is 7.05 Å². The number of halogens is 16. The Morgan fingerprint density at radius 1 is 0.281 bits per heavy atom. The molecule has 0 amide bonds. The molecule has 4 saturated carbocycles. The Hall–Kier alpha value is 5.46. The summed E-state index contributed by atoms with van der Waals surface area (Å²) in [5.74, 6) is -0.636. The van der Waals surface area contributed by atoms with Crippen LogP contribution in [-0.2, 0) is 0 Å². The van der Waals surface area contributed by atoms with E-state index in [1.54, 1.807) is 0 Å². The lowest BCUT2D eigenvalue weighted by Crippen LogP contribution is -2.62. The van der Waals surface area contributed by atoms with Crippen LogP contribution in [0.5, 0.6) is 0 Å². The first-order valence-corrected chi connectivity index (χ1v) is 29.0. The summed E-state index contributed by atoms with van der Waals surface area (Å²) < 4.78 is 0. The molecule has 9 aliphatic rings. The zero-order valence-corrected chi connectivity index (χ0v) is 46.5. The highest BCUT2D eigenvalue weighted by Gasteiger charge is 2.66. The minimum Gasteiger partial charge on any atom is -0.286 e. The third-order valence-corrected chi connectivity index (χ3v) is 30.4. The van der Waals surface area contributed by atoms with Crippen LogP contribution in [0.25, 0.3) is 0 Å². The minimum atomic E-state index is -0.478. The van der Waals surface area contributed by atoms with Crippen molar-refractivity contribution in [2.75, 3.05) is 7.05 Å². The van der Waals surface area contributed by atoms with Crippen LogP contribution in [0.3, 0.4) is 0 Å². The van der Waals surface area contributed by atoms with Crippen molar-refractivity contribution >= 4 is 212 Å². The zero-order valence-electron chi connectivity index (χ0n) is 29.5. The van der Waals surface area contributed by atoms with Gasteiger partial charge in [0.2, 0.25) is 0 Å². The highest BCUT2D eigenvalue weighted by atomic mass is 79.9. The summed E-state index contributed by atoms with van der Waals surface area (Å²) in [6, 6.07) is 0. The van der Waals surface area contributed by atoms with Gasteiger partial charge >= 0.3 is 0 Å². The van der Waals surface area contributed by atoms with Crippen molar-refractivity contribution in [2.24, 2.45) is 47.3 Å². The van der Waals surface area contributed by atoms with Gasteiger partial charge in [0.1, 0.15) is 0 Å². The van der Waals surface area contributed by atoms with Gasteiger partial charge in [0.05, 0.1) is 103 Å². The van der Waals surface area contributed by atoms with Gasteiger partial charge in [-0.1, -0.05) is 95.6 Å². The number of alkyl halides is 16. The smallest absolute Gasteiger partial charge is 0.0678 e. The molecule has 0 aromatic heterocycles. The molecule has 7 N–H and O–H groups in total. The second-order valence-electron chi connectivity index (χ2n) is 17.3. The standard InChI is InChI=1S/C33H42Br6Cl10N8/c1-57-32-4-9(18(42)14(38)22(46)12(4)36)33(57)55-27-3-6(20(44)25(49)23(47)11(3)35)29(52-27)53-28-5-2(10(34)21(45)13(37)16(5)40)26(50-28)51-30-8-7(31(54-30)56-32)17(41)15(39)24(48)19(8)43/h2-33,50-56H,1H3. The molecule has 8 nitrogen and oxygen atoms in total. The van der Waals surface area contributed by atoms with Gasteiger partial charge in [0, 0.05) is 76.3 Å². The van der Waals surface area contributed by atoms with Crippen LogP contribution in [0.4, 0.5) is 0 Å². The topological polar surface area (TPSA) is 87.5 Å². The number of hydrogen-bond acceptors (Lipinski definition) is 8. The molecule has 5 heterocycles. The summed E-state index contributed by atoms with van der Waals surface area (Å²) in [6.45, 7) is 0. The van der Waals surface area contributed by atoms with E-state index in [-0.39, 0.29) is 153 Å². The van der Waals surface area contributed by atoms with E-state index in [1.807, 2.05) is 0 Å². The fourth-order valence-corrected chi connectivity index (χ4v) is 22.6. The fourth-order valence-electron chi connectivity index (χ4n) is 12.1. The summed E-state index contributed by atoms with van der Waals surface area (Å²) in [5.41, 5.74) is 0. The first-order valence-electron chi connectivity index (χ1n) is 19.2. The largest absolute Gasteiger partial charge is 0.286 e. The third-order valence-electron chi connectivity index (χ3n) is 14.8. The summed E-state index contributed by atoms with van der Waals surface area (Å²) >= 11 is 96.4. The van der Waals surface area contributed by atoms with Crippen LogP contribution in [-0.4, -0.2) is 144 Å². The molecular formula is C33H42Br6Cl10N8. The molecule has 24 heteroatoms. The van der Waals surface area contributed by atoms with Gasteiger partial charge in [-0.25, -0.2) is 0 Å². The summed E-state index contributed by atoms with van der Waals surface area (Å²) in [5, 5.41) is 24.4. The maximum absolute atomic E-state index is 7.49. The monoisotopic (exact) mass is 1370 g/mol. The molecule has 8 bridgehead atoms. The third kappa shape index (κ3) is 7.57. The number of rotatable bonds is 0. The average Bonchev–Trinajstić information content (AvgIpc) is 3.91. The lowest BCUT2D eigenvalue weighted by atomic mass is 9.75. The Morgan fingerprint density at radius 2 is 0.561 bits per heavy atom. The SMILES string of the molecule is CN1C2NC3NC(NC4NC(NC5NC(NC1C1C(Br)C(Cl)C(Br)C(Cl)C12)C1C(Cl)C(Br)C(Cl)C(Cl)C51)C1C(Br)C(Cl)C(Br)C(Cl)C41)C1C(Cl)C(Cl)C(Cl)C(Br)C31. The van der Waals surface area contributed by atoms with Crippen LogP contribution in [0.1, 0.15) is 0 Å². The van der Waals surface area contributed by atoms with E-state index in [0.717, 1.165) is 0 Å². The van der Waals surface area contributed by atoms with Gasteiger partial charge in [-0.2, -0.15) is 0 Å². The van der Waals surface area contributed by atoms with Crippen molar-refractivity contribution in [3.63, 3.8) is 0 Å². The van der Waals surface area contributed by atoms with Crippen molar-refractivity contribution in [3.8, 4) is 0 Å². The molecule has 5 saturated heterocycles. The van der Waals surface area contributed by atoms with E-state index in [4.69, 9.17) is 116 Å². The molecule has 0 radical (unpaired) electrons. The Labute approximate surface area is 434 Å². The summed E-state index contributed by atoms with van der Waals surface area (Å²) in [7, 11) is 2.14. The quantitative estimate of drug-likeness (QED) is 0.127. The van der Waals surface area contributed by atoms with Crippen molar-refractivity contribution in [1.29, 1.82) is 0 Å². The van der Waals surface area contributed by atoms with E-state index in [2.05, 4.69) is 145 Å². The maximum atomic E-state index is 7.49. The van der Waals surface area contributed by atoms with Crippen molar-refractivity contribution in [3.05, 3.63) is 0 Å². The second-order valence-corrected chi connectivity index (χ2v) is 28.7. The molecule has 57 heavy (non-hydrogen) atoms. The van der Waals surface area contributed by atoms with E-state index in [9.17, 15) is 0 Å². The maximum Gasteiger partial charge on any atom is 0.0678 e. The lowest BCUT2D eigenvalue weighted by molar-refractivity contribution is 0.117. The molecule has 32 atom stereocenters. The van der Waals surface area contributed by atoms with Crippen molar-refractivity contribution in [2.45, 2.75) is 132 Å². The summed E-state index contributed by atoms with van der Waals surface area (Å²) in [4.78, 5) is 1.50. The minimum absolute atomic E-state index is 0.0155. The number of nitrogens with one attached hydrogen (secondary N) is 7. The van der Waals surface area contributed by atoms with Crippen LogP contribution < -0.4 is 37.2 Å².